The van der Waals surface area contributed by atoms with Crippen molar-refractivity contribution in [3.05, 3.63) is 59.9 Å². The van der Waals surface area contributed by atoms with Crippen LogP contribution in [0, 0.1) is 5.82 Å². The number of halogens is 1. The van der Waals surface area contributed by atoms with Gasteiger partial charge >= 0.3 is 0 Å². The van der Waals surface area contributed by atoms with Gasteiger partial charge in [0.1, 0.15) is 5.82 Å². The van der Waals surface area contributed by atoms with Crippen LogP contribution in [0.3, 0.4) is 0 Å². The van der Waals surface area contributed by atoms with E-state index in [4.69, 9.17) is 0 Å². The third kappa shape index (κ3) is 3.72. The van der Waals surface area contributed by atoms with Crippen molar-refractivity contribution in [3.63, 3.8) is 0 Å². The minimum Gasteiger partial charge on any atom is -0.340 e. The number of nitrogens with zero attached hydrogens (tertiary/aromatic N) is 2. The molecule has 0 atom stereocenters. The standard InChI is InChI=1S/C22H23FN2O2/c23-19-7-2-5-17(15-19)16-4-1-6-18(14-16)22(27)24-12-9-20(10-13-24)25-11-3-8-21(25)26/h1-2,4-7,14-15,20H,3,8-13H2. The van der Waals surface area contributed by atoms with Crippen LogP contribution in [-0.2, 0) is 4.79 Å². The number of benzene rings is 2. The summed E-state index contributed by atoms with van der Waals surface area (Å²) < 4.78 is 13.5. The molecule has 27 heavy (non-hydrogen) atoms. The smallest absolute Gasteiger partial charge is 0.253 e. The van der Waals surface area contributed by atoms with Crippen LogP contribution < -0.4 is 0 Å². The Bertz CT molecular complexity index is 859. The minimum absolute atomic E-state index is 0.000508. The molecule has 4 nitrogen and oxygen atoms in total. The second-order valence-corrected chi connectivity index (χ2v) is 7.31. The summed E-state index contributed by atoms with van der Waals surface area (Å²) in [5, 5.41) is 0. The Balaban J connectivity index is 1.44. The van der Waals surface area contributed by atoms with Crippen molar-refractivity contribution in [1.29, 1.82) is 0 Å². The summed E-state index contributed by atoms with van der Waals surface area (Å²) in [4.78, 5) is 28.7. The van der Waals surface area contributed by atoms with E-state index in [0.717, 1.165) is 36.9 Å². The van der Waals surface area contributed by atoms with Gasteiger partial charge in [0.2, 0.25) is 5.91 Å². The van der Waals surface area contributed by atoms with E-state index >= 15 is 0 Å². The van der Waals surface area contributed by atoms with Crippen LogP contribution in [0.2, 0.25) is 0 Å². The lowest BCUT2D eigenvalue weighted by atomic mass is 10.00. The first-order valence-electron chi connectivity index (χ1n) is 9.56. The van der Waals surface area contributed by atoms with Gasteiger partial charge in [0.25, 0.3) is 5.91 Å². The first kappa shape index (κ1) is 17.7. The molecular weight excluding hydrogens is 343 g/mol. The fourth-order valence-electron chi connectivity index (χ4n) is 4.12. The lowest BCUT2D eigenvalue weighted by Gasteiger charge is -2.36. The molecule has 2 heterocycles. The number of hydrogen-bond donors (Lipinski definition) is 0. The maximum atomic E-state index is 13.5. The van der Waals surface area contributed by atoms with Gasteiger partial charge in [-0.25, -0.2) is 4.39 Å². The summed E-state index contributed by atoms with van der Waals surface area (Å²) >= 11 is 0. The molecule has 0 N–H and O–H groups in total. The first-order chi connectivity index (χ1) is 13.1. The molecule has 0 saturated carbocycles. The van der Waals surface area contributed by atoms with Crippen molar-refractivity contribution in [1.82, 2.24) is 9.80 Å². The topological polar surface area (TPSA) is 40.6 Å². The average Bonchev–Trinajstić information content (AvgIpc) is 3.13. The van der Waals surface area contributed by atoms with Gasteiger partial charge in [0, 0.05) is 37.7 Å². The highest BCUT2D eigenvalue weighted by molar-refractivity contribution is 5.95. The molecular formula is C22H23FN2O2. The number of rotatable bonds is 3. The van der Waals surface area contributed by atoms with Crippen molar-refractivity contribution < 1.29 is 14.0 Å². The molecule has 140 valence electrons. The highest BCUT2D eigenvalue weighted by atomic mass is 19.1. The molecule has 2 amide bonds. The molecule has 0 unspecified atom stereocenters. The van der Waals surface area contributed by atoms with Gasteiger partial charge in [-0.2, -0.15) is 0 Å². The normalized spacial score (nSPS) is 18.2. The van der Waals surface area contributed by atoms with Crippen LogP contribution in [0.4, 0.5) is 4.39 Å². The predicted octanol–water partition coefficient (Wildman–Crippen LogP) is 3.72. The lowest BCUT2D eigenvalue weighted by Crippen LogP contribution is -2.47. The van der Waals surface area contributed by atoms with E-state index in [1.54, 1.807) is 12.1 Å². The van der Waals surface area contributed by atoms with E-state index in [9.17, 15) is 14.0 Å². The molecule has 2 aliphatic heterocycles. The molecule has 0 aromatic heterocycles. The van der Waals surface area contributed by atoms with Gasteiger partial charge in [-0.05, 0) is 54.7 Å². The summed E-state index contributed by atoms with van der Waals surface area (Å²) in [5.74, 6) is -0.0372. The first-order valence-corrected chi connectivity index (χ1v) is 9.56. The number of likely N-dealkylation sites (tertiary alicyclic amines) is 2. The van der Waals surface area contributed by atoms with Crippen LogP contribution in [-0.4, -0.2) is 47.3 Å². The second kappa shape index (κ2) is 7.51. The van der Waals surface area contributed by atoms with Gasteiger partial charge in [-0.1, -0.05) is 24.3 Å². The predicted molar refractivity (Wildman–Crippen MR) is 102 cm³/mol. The zero-order valence-corrected chi connectivity index (χ0v) is 15.2. The van der Waals surface area contributed by atoms with Gasteiger partial charge in [0.05, 0.1) is 0 Å². The van der Waals surface area contributed by atoms with Crippen molar-refractivity contribution in [2.45, 2.75) is 31.7 Å². The third-order valence-corrected chi connectivity index (χ3v) is 5.57. The van der Waals surface area contributed by atoms with Crippen molar-refractivity contribution in [2.24, 2.45) is 0 Å². The molecule has 0 spiro atoms. The van der Waals surface area contributed by atoms with Gasteiger partial charge < -0.3 is 9.80 Å². The molecule has 0 bridgehead atoms. The molecule has 2 aliphatic rings. The monoisotopic (exact) mass is 366 g/mol. The van der Waals surface area contributed by atoms with Crippen LogP contribution in [0.25, 0.3) is 11.1 Å². The summed E-state index contributed by atoms with van der Waals surface area (Å²) in [6, 6.07) is 14.0. The van der Waals surface area contributed by atoms with Crippen LogP contribution in [0.15, 0.2) is 48.5 Å². The van der Waals surface area contributed by atoms with Crippen molar-refractivity contribution in [2.75, 3.05) is 19.6 Å². The number of carbonyl (C=O) groups is 2. The largest absolute Gasteiger partial charge is 0.340 e. The Kier molecular flexibility index (Phi) is 4.92. The molecule has 2 fully saturated rings. The highest BCUT2D eigenvalue weighted by Gasteiger charge is 2.32. The number of carbonyl (C=O) groups excluding carboxylic acids is 2. The van der Waals surface area contributed by atoms with E-state index in [2.05, 4.69) is 0 Å². The Morgan fingerprint density at radius 3 is 2.33 bits per heavy atom. The fraction of sp³-hybridized carbons (Fsp3) is 0.364. The Hall–Kier alpha value is -2.69. The van der Waals surface area contributed by atoms with E-state index in [1.807, 2.05) is 34.1 Å². The number of amides is 2. The van der Waals surface area contributed by atoms with E-state index < -0.39 is 0 Å². The maximum absolute atomic E-state index is 13.5. The SMILES string of the molecule is O=C(c1cccc(-c2cccc(F)c2)c1)N1CCC(N2CCCC2=O)CC1. The molecule has 2 aromatic carbocycles. The minimum atomic E-state index is -0.289. The van der Waals surface area contributed by atoms with Gasteiger partial charge in [-0.15, -0.1) is 0 Å². The third-order valence-electron chi connectivity index (χ3n) is 5.57. The van der Waals surface area contributed by atoms with Crippen molar-refractivity contribution in [3.8, 4) is 11.1 Å². The maximum Gasteiger partial charge on any atom is 0.253 e. The molecule has 5 heteroatoms. The van der Waals surface area contributed by atoms with Gasteiger partial charge in [0.15, 0.2) is 0 Å². The summed E-state index contributed by atoms with van der Waals surface area (Å²) in [6.45, 7) is 2.18. The van der Waals surface area contributed by atoms with E-state index in [0.29, 0.717) is 25.1 Å². The van der Waals surface area contributed by atoms with E-state index in [-0.39, 0.29) is 23.7 Å². The summed E-state index contributed by atoms with van der Waals surface area (Å²) in [6.07, 6.45) is 3.28. The number of piperidine rings is 1. The van der Waals surface area contributed by atoms with Crippen LogP contribution in [0.1, 0.15) is 36.0 Å². The quantitative estimate of drug-likeness (QED) is 0.831. The second-order valence-electron chi connectivity index (χ2n) is 7.31. The zero-order chi connectivity index (χ0) is 18.8. The Morgan fingerprint density at radius 1 is 0.963 bits per heavy atom. The van der Waals surface area contributed by atoms with Crippen LogP contribution in [0.5, 0.6) is 0 Å². The van der Waals surface area contributed by atoms with Crippen LogP contribution >= 0.6 is 0 Å². The molecule has 2 saturated heterocycles. The molecule has 4 rings (SSSR count). The summed E-state index contributed by atoms with van der Waals surface area (Å²) in [7, 11) is 0. The van der Waals surface area contributed by atoms with Crippen molar-refractivity contribution >= 4 is 11.8 Å². The zero-order valence-electron chi connectivity index (χ0n) is 15.2. The lowest BCUT2D eigenvalue weighted by molar-refractivity contribution is -0.130. The Labute approximate surface area is 158 Å². The summed E-state index contributed by atoms with van der Waals surface area (Å²) in [5.41, 5.74) is 2.21. The molecule has 0 radical (unpaired) electrons. The van der Waals surface area contributed by atoms with E-state index in [1.165, 1.54) is 12.1 Å². The van der Waals surface area contributed by atoms with Gasteiger partial charge in [-0.3, -0.25) is 9.59 Å². The average molecular weight is 366 g/mol. The highest BCUT2D eigenvalue weighted by Crippen LogP contribution is 2.25. The number of hydrogen-bond acceptors (Lipinski definition) is 2. The Morgan fingerprint density at radius 2 is 1.67 bits per heavy atom. The fourth-order valence-corrected chi connectivity index (χ4v) is 4.12. The molecule has 2 aromatic rings. The molecule has 0 aliphatic carbocycles.